The number of aromatic nitrogens is 3. The molecule has 1 aromatic heterocycles. The number of carbonyl (C=O) groups is 1. The number of methoxy groups -OCH3 is 1. The number of hydrogen-bond donors (Lipinski definition) is 0. The van der Waals surface area contributed by atoms with Gasteiger partial charge in [-0.25, -0.2) is 14.5 Å². The summed E-state index contributed by atoms with van der Waals surface area (Å²) in [5, 5.41) is 8.48. The third-order valence-corrected chi connectivity index (χ3v) is 4.61. The average molecular weight is 386 g/mol. The minimum atomic E-state index is -0.462. The number of ether oxygens (including phenoxy) is 2. The first-order chi connectivity index (χ1) is 13.3. The van der Waals surface area contributed by atoms with Gasteiger partial charge in [0, 0.05) is 30.7 Å². The van der Waals surface area contributed by atoms with Gasteiger partial charge < -0.3 is 14.3 Å². The van der Waals surface area contributed by atoms with Crippen LogP contribution in [-0.4, -0.2) is 39.7 Å². The van der Waals surface area contributed by atoms with Gasteiger partial charge in [-0.05, 0) is 18.2 Å². The number of hydrogen-bond acceptors (Lipinski definition) is 7. The first kappa shape index (κ1) is 19.9. The van der Waals surface area contributed by atoms with Crippen LogP contribution in [0, 0.1) is 5.41 Å². The molecule has 2 aromatic rings. The van der Waals surface area contributed by atoms with Gasteiger partial charge in [-0.2, -0.15) is 5.10 Å². The molecule has 28 heavy (non-hydrogen) atoms. The van der Waals surface area contributed by atoms with Crippen molar-refractivity contribution in [3.63, 3.8) is 0 Å². The van der Waals surface area contributed by atoms with Crippen LogP contribution in [0.2, 0.25) is 0 Å². The number of benzene rings is 1. The monoisotopic (exact) mass is 386 g/mol. The topological polar surface area (TPSA) is 87.8 Å². The quantitative estimate of drug-likeness (QED) is 0.430. The molecule has 1 aromatic carbocycles. The lowest BCUT2D eigenvalue weighted by Crippen LogP contribution is -2.35. The molecule has 0 bridgehead atoms. The normalized spacial score (nSPS) is 17.6. The third-order valence-electron chi connectivity index (χ3n) is 4.61. The first-order valence-corrected chi connectivity index (χ1v) is 9.21. The molecule has 8 nitrogen and oxygen atoms in total. The number of fused-ring (bicyclic) bond motifs is 1. The van der Waals surface area contributed by atoms with E-state index in [2.05, 4.69) is 15.2 Å². The number of oxime groups is 1. The van der Waals surface area contributed by atoms with Crippen LogP contribution in [0.5, 0.6) is 11.5 Å². The maximum absolute atomic E-state index is 11.3. The predicted molar refractivity (Wildman–Crippen MR) is 103 cm³/mol. The van der Waals surface area contributed by atoms with E-state index in [0.717, 1.165) is 23.5 Å². The van der Waals surface area contributed by atoms with Crippen LogP contribution < -0.4 is 9.47 Å². The molecule has 1 aliphatic rings. The Balaban J connectivity index is 1.87. The van der Waals surface area contributed by atoms with Crippen LogP contribution in [-0.2, 0) is 16.1 Å². The van der Waals surface area contributed by atoms with Crippen LogP contribution in [0.3, 0.4) is 0 Å². The van der Waals surface area contributed by atoms with Gasteiger partial charge in [-0.3, -0.25) is 0 Å². The van der Waals surface area contributed by atoms with E-state index in [-0.39, 0.29) is 17.6 Å². The van der Waals surface area contributed by atoms with Crippen molar-refractivity contribution in [2.45, 2.75) is 52.7 Å². The molecule has 150 valence electrons. The zero-order chi connectivity index (χ0) is 20.3. The third kappa shape index (κ3) is 4.49. The van der Waals surface area contributed by atoms with Crippen LogP contribution in [0.1, 0.15) is 45.7 Å². The lowest BCUT2D eigenvalue weighted by Gasteiger charge is -2.29. The van der Waals surface area contributed by atoms with E-state index in [1.54, 1.807) is 18.1 Å². The minimum Gasteiger partial charge on any atom is -0.497 e. The molecule has 0 saturated heterocycles. The molecular weight excluding hydrogens is 360 g/mol. The Morgan fingerprint density at radius 1 is 1.43 bits per heavy atom. The summed E-state index contributed by atoms with van der Waals surface area (Å²) in [6.45, 7) is 7.40. The second kappa shape index (κ2) is 8.00. The molecule has 0 saturated carbocycles. The molecule has 0 radical (unpaired) electrons. The maximum Gasteiger partial charge on any atom is 0.331 e. The fraction of sp³-hybridized carbons (Fsp3) is 0.500. The average Bonchev–Trinajstić information content (AvgIpc) is 3.28. The molecule has 0 aliphatic carbocycles. The minimum absolute atomic E-state index is 0.0683. The summed E-state index contributed by atoms with van der Waals surface area (Å²) in [6, 6.07) is 5.55. The van der Waals surface area contributed by atoms with Gasteiger partial charge in [0.25, 0.3) is 0 Å². The van der Waals surface area contributed by atoms with Crippen LogP contribution >= 0.6 is 0 Å². The SMILES string of the molecule is COc1ccc2c(c1)CC(CC(C(=NOC(C)=O)C(C)(C)C)n1cncn1)O2. The summed E-state index contributed by atoms with van der Waals surface area (Å²) in [4.78, 5) is 20.4. The van der Waals surface area contributed by atoms with Crippen molar-refractivity contribution in [1.82, 2.24) is 14.8 Å². The van der Waals surface area contributed by atoms with Crippen molar-refractivity contribution >= 4 is 11.7 Å². The summed E-state index contributed by atoms with van der Waals surface area (Å²) < 4.78 is 13.2. The highest BCUT2D eigenvalue weighted by atomic mass is 16.7. The van der Waals surface area contributed by atoms with E-state index in [1.165, 1.54) is 13.3 Å². The summed E-state index contributed by atoms with van der Waals surface area (Å²) in [5.74, 6) is 1.20. The van der Waals surface area contributed by atoms with Gasteiger partial charge in [-0.15, -0.1) is 0 Å². The van der Waals surface area contributed by atoms with Gasteiger partial charge in [0.15, 0.2) is 0 Å². The fourth-order valence-corrected chi connectivity index (χ4v) is 3.34. The molecule has 1 aliphatic heterocycles. The van der Waals surface area contributed by atoms with Crippen molar-refractivity contribution in [2.24, 2.45) is 10.6 Å². The largest absolute Gasteiger partial charge is 0.497 e. The molecular formula is C20H26N4O4. The highest BCUT2D eigenvalue weighted by Crippen LogP contribution is 2.36. The summed E-state index contributed by atoms with van der Waals surface area (Å²) >= 11 is 0. The maximum atomic E-state index is 11.3. The summed E-state index contributed by atoms with van der Waals surface area (Å²) in [7, 11) is 1.65. The summed E-state index contributed by atoms with van der Waals surface area (Å²) in [6.07, 6.45) is 4.42. The van der Waals surface area contributed by atoms with E-state index in [9.17, 15) is 4.79 Å². The first-order valence-electron chi connectivity index (χ1n) is 9.21. The van der Waals surface area contributed by atoms with Gasteiger partial charge in [0.05, 0.1) is 18.9 Å². The molecule has 0 fully saturated rings. The van der Waals surface area contributed by atoms with E-state index < -0.39 is 5.97 Å². The standard InChI is InChI=1S/C20H26N4O4/c1-13(25)28-23-19(20(2,3)4)17(24-12-21-11-22-24)10-16-9-14-8-15(26-5)6-7-18(14)27-16/h6-8,11-12,16-17H,9-10H2,1-5H3. The molecule has 2 heterocycles. The predicted octanol–water partition coefficient (Wildman–Crippen LogP) is 3.19. The fourth-order valence-electron chi connectivity index (χ4n) is 3.34. The molecule has 0 amide bonds. The zero-order valence-corrected chi connectivity index (χ0v) is 16.9. The van der Waals surface area contributed by atoms with Crippen molar-refractivity contribution < 1.29 is 19.1 Å². The van der Waals surface area contributed by atoms with Crippen LogP contribution in [0.15, 0.2) is 36.0 Å². The molecule has 8 heteroatoms. The number of nitrogens with zero attached hydrogens (tertiary/aromatic N) is 4. The zero-order valence-electron chi connectivity index (χ0n) is 16.9. The van der Waals surface area contributed by atoms with Gasteiger partial charge in [0.1, 0.15) is 30.3 Å². The Bertz CT molecular complexity index is 856. The van der Waals surface area contributed by atoms with E-state index in [0.29, 0.717) is 12.1 Å². The van der Waals surface area contributed by atoms with E-state index in [1.807, 2.05) is 39.0 Å². The van der Waals surface area contributed by atoms with Crippen molar-refractivity contribution in [2.75, 3.05) is 7.11 Å². The van der Waals surface area contributed by atoms with Crippen molar-refractivity contribution in [3.8, 4) is 11.5 Å². The Morgan fingerprint density at radius 3 is 2.82 bits per heavy atom. The number of carbonyl (C=O) groups excluding carboxylic acids is 1. The highest BCUT2D eigenvalue weighted by molar-refractivity contribution is 5.92. The van der Waals surface area contributed by atoms with Gasteiger partial charge in [0.2, 0.25) is 0 Å². The Kier molecular flexibility index (Phi) is 5.67. The van der Waals surface area contributed by atoms with Gasteiger partial charge in [-0.1, -0.05) is 25.9 Å². The van der Waals surface area contributed by atoms with Crippen LogP contribution in [0.25, 0.3) is 0 Å². The molecule has 0 N–H and O–H groups in total. The highest BCUT2D eigenvalue weighted by Gasteiger charge is 2.35. The Morgan fingerprint density at radius 2 is 2.21 bits per heavy atom. The van der Waals surface area contributed by atoms with E-state index in [4.69, 9.17) is 14.3 Å². The molecule has 2 unspecified atom stereocenters. The summed E-state index contributed by atoms with van der Waals surface area (Å²) in [5.41, 5.74) is 1.46. The lowest BCUT2D eigenvalue weighted by molar-refractivity contribution is -0.141. The molecule has 0 spiro atoms. The smallest absolute Gasteiger partial charge is 0.331 e. The number of rotatable bonds is 6. The van der Waals surface area contributed by atoms with Gasteiger partial charge >= 0.3 is 5.97 Å². The van der Waals surface area contributed by atoms with Crippen LogP contribution in [0.4, 0.5) is 0 Å². The van der Waals surface area contributed by atoms with Crippen molar-refractivity contribution in [1.29, 1.82) is 0 Å². The lowest BCUT2D eigenvalue weighted by atomic mass is 9.83. The Labute approximate surface area is 164 Å². The molecule has 3 rings (SSSR count). The molecule has 2 atom stereocenters. The van der Waals surface area contributed by atoms with Crippen molar-refractivity contribution in [3.05, 3.63) is 36.4 Å². The van der Waals surface area contributed by atoms with E-state index >= 15 is 0 Å². The second-order valence-corrected chi connectivity index (χ2v) is 7.85. The Hall–Kier alpha value is -2.90. The second-order valence-electron chi connectivity index (χ2n) is 7.85.